The predicted molar refractivity (Wildman–Crippen MR) is 124 cm³/mol. The van der Waals surface area contributed by atoms with E-state index in [9.17, 15) is 9.59 Å². The Labute approximate surface area is 193 Å². The number of carbonyl (C=O) groups excluding carboxylic acids is 2. The van der Waals surface area contributed by atoms with Crippen LogP contribution in [0.15, 0.2) is 47.8 Å². The second kappa shape index (κ2) is 8.91. The summed E-state index contributed by atoms with van der Waals surface area (Å²) in [6.07, 6.45) is 0.514. The highest BCUT2D eigenvalue weighted by Gasteiger charge is 2.17. The Hall–Kier alpha value is -3.92. The molecule has 0 radical (unpaired) electrons. The van der Waals surface area contributed by atoms with E-state index in [0.29, 0.717) is 49.2 Å². The minimum atomic E-state index is -0.746. The third kappa shape index (κ3) is 4.51. The second-order valence-corrected chi connectivity index (χ2v) is 8.38. The summed E-state index contributed by atoms with van der Waals surface area (Å²) < 4.78 is 12.7. The average molecular weight is 464 g/mol. The Morgan fingerprint density at radius 3 is 2.79 bits per heavy atom. The summed E-state index contributed by atoms with van der Waals surface area (Å²) in [6, 6.07) is 13.0. The van der Waals surface area contributed by atoms with Gasteiger partial charge in [0, 0.05) is 35.7 Å². The Morgan fingerprint density at radius 2 is 1.94 bits per heavy atom. The molecule has 5 rings (SSSR count). The van der Waals surface area contributed by atoms with E-state index in [1.165, 1.54) is 11.3 Å². The summed E-state index contributed by atoms with van der Waals surface area (Å²) >= 11 is 1.49. The van der Waals surface area contributed by atoms with Gasteiger partial charge in [0.25, 0.3) is 0 Å². The Balaban J connectivity index is 1.18. The molecule has 0 bridgehead atoms. The van der Waals surface area contributed by atoms with Gasteiger partial charge in [-0.1, -0.05) is 23.8 Å². The van der Waals surface area contributed by atoms with Crippen LogP contribution < -0.4 is 20.1 Å². The monoisotopic (exact) mass is 463 g/mol. The van der Waals surface area contributed by atoms with E-state index in [0.717, 1.165) is 21.8 Å². The molecule has 2 amide bonds. The van der Waals surface area contributed by atoms with E-state index in [4.69, 9.17) is 9.47 Å². The molecular formula is C23H21N5O4S. The fourth-order valence-corrected chi connectivity index (χ4v) is 4.35. The minimum absolute atomic E-state index is 0.291. The molecule has 0 atom stereocenters. The van der Waals surface area contributed by atoms with Crippen molar-refractivity contribution in [1.82, 2.24) is 19.9 Å². The van der Waals surface area contributed by atoms with Gasteiger partial charge in [0.1, 0.15) is 13.2 Å². The van der Waals surface area contributed by atoms with Crippen LogP contribution in [0.3, 0.4) is 0 Å². The summed E-state index contributed by atoms with van der Waals surface area (Å²) in [7, 11) is 0. The zero-order valence-corrected chi connectivity index (χ0v) is 18.6. The van der Waals surface area contributed by atoms with Crippen LogP contribution in [0.25, 0.3) is 16.3 Å². The van der Waals surface area contributed by atoms with Gasteiger partial charge < -0.3 is 20.1 Å². The number of aromatic nitrogens is 3. The molecule has 2 aromatic heterocycles. The van der Waals surface area contributed by atoms with Crippen molar-refractivity contribution >= 4 is 33.8 Å². The first-order chi connectivity index (χ1) is 16.1. The number of aryl methyl sites for hydroxylation is 1. The van der Waals surface area contributed by atoms with Crippen molar-refractivity contribution in [2.45, 2.75) is 13.3 Å². The first kappa shape index (κ1) is 21.0. The number of hydrogen-bond donors (Lipinski definition) is 2. The van der Waals surface area contributed by atoms with Gasteiger partial charge in [0.05, 0.1) is 5.69 Å². The highest BCUT2D eigenvalue weighted by atomic mass is 32.1. The number of amides is 2. The van der Waals surface area contributed by atoms with Crippen LogP contribution in [0.4, 0.5) is 5.69 Å². The van der Waals surface area contributed by atoms with Gasteiger partial charge in [-0.2, -0.15) is 4.98 Å². The molecule has 0 spiro atoms. The van der Waals surface area contributed by atoms with Crippen molar-refractivity contribution in [2.24, 2.45) is 0 Å². The summed E-state index contributed by atoms with van der Waals surface area (Å²) in [5, 5.41) is 11.8. The smallest absolute Gasteiger partial charge is 0.313 e. The van der Waals surface area contributed by atoms with E-state index >= 15 is 0 Å². The van der Waals surface area contributed by atoms with E-state index in [-0.39, 0.29) is 0 Å². The lowest BCUT2D eigenvalue weighted by atomic mass is 10.1. The van der Waals surface area contributed by atoms with Crippen LogP contribution in [0, 0.1) is 6.92 Å². The summed E-state index contributed by atoms with van der Waals surface area (Å²) in [4.78, 5) is 29.9. The summed E-state index contributed by atoms with van der Waals surface area (Å²) in [6.45, 7) is 3.25. The largest absolute Gasteiger partial charge is 0.486 e. The molecule has 3 heterocycles. The molecule has 2 N–H and O–H groups in total. The van der Waals surface area contributed by atoms with Crippen LogP contribution in [0.2, 0.25) is 0 Å². The lowest BCUT2D eigenvalue weighted by Gasteiger charge is -2.18. The summed E-state index contributed by atoms with van der Waals surface area (Å²) in [5.41, 5.74) is 3.48. The number of nitrogens with zero attached hydrogens (tertiary/aromatic N) is 3. The highest BCUT2D eigenvalue weighted by Crippen LogP contribution is 2.32. The van der Waals surface area contributed by atoms with Crippen molar-refractivity contribution in [3.05, 3.63) is 59.1 Å². The van der Waals surface area contributed by atoms with E-state index in [2.05, 4.69) is 20.7 Å². The van der Waals surface area contributed by atoms with Crippen LogP contribution >= 0.6 is 11.3 Å². The van der Waals surface area contributed by atoms with Crippen molar-refractivity contribution < 1.29 is 19.1 Å². The molecule has 0 unspecified atom stereocenters. The van der Waals surface area contributed by atoms with Crippen molar-refractivity contribution in [3.63, 3.8) is 0 Å². The minimum Gasteiger partial charge on any atom is -0.486 e. The normalized spacial score (nSPS) is 12.5. The second-order valence-electron chi connectivity index (χ2n) is 7.54. The standard InChI is InChI=1S/C23H21N5O4S/c1-14-3-2-4-15(11-14)20-26-23-28(27-20)17(13-33-23)7-8-24-21(29)22(30)25-16-5-6-18-19(12-16)32-10-9-31-18/h2-6,11-13H,7-10H2,1H3,(H,24,29)(H,25,30). The maximum Gasteiger partial charge on any atom is 0.313 e. The number of ether oxygens (including phenoxy) is 2. The molecule has 0 fully saturated rings. The quantitative estimate of drug-likeness (QED) is 0.441. The summed E-state index contributed by atoms with van der Waals surface area (Å²) in [5.74, 6) is 0.359. The van der Waals surface area contributed by atoms with Crippen LogP contribution in [0.5, 0.6) is 11.5 Å². The topological polar surface area (TPSA) is 107 Å². The lowest BCUT2D eigenvalue weighted by Crippen LogP contribution is -2.36. The number of fused-ring (bicyclic) bond motifs is 2. The molecule has 2 aromatic carbocycles. The molecule has 168 valence electrons. The fourth-order valence-electron chi connectivity index (χ4n) is 3.50. The average Bonchev–Trinajstić information content (AvgIpc) is 3.41. The molecule has 4 aromatic rings. The van der Waals surface area contributed by atoms with E-state index in [1.807, 2.05) is 36.6 Å². The van der Waals surface area contributed by atoms with Gasteiger partial charge >= 0.3 is 11.8 Å². The zero-order valence-electron chi connectivity index (χ0n) is 17.8. The van der Waals surface area contributed by atoms with Gasteiger partial charge in [-0.3, -0.25) is 9.59 Å². The molecule has 10 heteroatoms. The zero-order chi connectivity index (χ0) is 22.8. The first-order valence-corrected chi connectivity index (χ1v) is 11.3. The van der Waals surface area contributed by atoms with Gasteiger partial charge in [-0.15, -0.1) is 16.4 Å². The third-order valence-corrected chi connectivity index (χ3v) is 5.96. The first-order valence-electron chi connectivity index (χ1n) is 10.5. The van der Waals surface area contributed by atoms with E-state index in [1.54, 1.807) is 22.7 Å². The molecule has 33 heavy (non-hydrogen) atoms. The van der Waals surface area contributed by atoms with Crippen LogP contribution in [0.1, 0.15) is 11.3 Å². The SMILES string of the molecule is Cc1cccc(-c2nc3scc(CCNC(=O)C(=O)Nc4ccc5c(c4)OCCO5)n3n2)c1. The maximum absolute atomic E-state index is 12.3. The Kier molecular flexibility index (Phi) is 5.66. The molecule has 0 saturated heterocycles. The predicted octanol–water partition coefficient (Wildman–Crippen LogP) is 2.83. The Bertz CT molecular complexity index is 1350. The van der Waals surface area contributed by atoms with Crippen molar-refractivity contribution in [2.75, 3.05) is 25.1 Å². The number of benzene rings is 2. The number of thiazole rings is 1. The Morgan fingerprint density at radius 1 is 1.09 bits per heavy atom. The number of rotatable bonds is 5. The number of hydrogen-bond acceptors (Lipinski definition) is 7. The highest BCUT2D eigenvalue weighted by molar-refractivity contribution is 7.15. The maximum atomic E-state index is 12.3. The van der Waals surface area contributed by atoms with E-state index < -0.39 is 11.8 Å². The van der Waals surface area contributed by atoms with Crippen molar-refractivity contribution in [1.29, 1.82) is 0 Å². The van der Waals surface area contributed by atoms with Crippen molar-refractivity contribution in [3.8, 4) is 22.9 Å². The molecular weight excluding hydrogens is 442 g/mol. The lowest BCUT2D eigenvalue weighted by molar-refractivity contribution is -0.136. The number of nitrogens with one attached hydrogen (secondary N) is 2. The molecule has 1 aliphatic heterocycles. The fraction of sp³-hybridized carbons (Fsp3) is 0.217. The van der Waals surface area contributed by atoms with Crippen LogP contribution in [-0.2, 0) is 16.0 Å². The molecule has 0 saturated carbocycles. The van der Waals surface area contributed by atoms with Crippen LogP contribution in [-0.4, -0.2) is 46.2 Å². The van der Waals surface area contributed by atoms with Gasteiger partial charge in [-0.25, -0.2) is 4.52 Å². The molecule has 9 nitrogen and oxygen atoms in total. The van der Waals surface area contributed by atoms with Gasteiger partial charge in [0.15, 0.2) is 17.3 Å². The number of carbonyl (C=O) groups is 2. The molecule has 1 aliphatic rings. The third-order valence-electron chi connectivity index (χ3n) is 5.10. The van der Waals surface area contributed by atoms with Gasteiger partial charge in [0.2, 0.25) is 4.96 Å². The van der Waals surface area contributed by atoms with Gasteiger partial charge in [-0.05, 0) is 25.1 Å². The number of anilines is 1. The molecule has 0 aliphatic carbocycles.